The molecule has 2 N–H and O–H groups in total. The first-order valence-corrected chi connectivity index (χ1v) is 11.4. The molecule has 2 aromatic rings. The van der Waals surface area contributed by atoms with Gasteiger partial charge < -0.3 is 20.3 Å². The molecule has 0 radical (unpaired) electrons. The number of hydrogen-bond donors (Lipinski definition) is 2. The average molecular weight is 483 g/mol. The lowest BCUT2D eigenvalue weighted by molar-refractivity contribution is -0.136. The van der Waals surface area contributed by atoms with Gasteiger partial charge in [0.1, 0.15) is 6.04 Å². The Hall–Kier alpha value is -3.36. The second-order valence-corrected chi connectivity index (χ2v) is 8.71. The first-order chi connectivity index (χ1) is 16.4. The summed E-state index contributed by atoms with van der Waals surface area (Å²) in [4.78, 5) is 42.7. The SMILES string of the molecule is COCCNC(=O)C(Cc1ccccc1)N1CC2=C(C1=O)C(c1ccc(Cl)cc1)NC(=O)N2C. The lowest BCUT2D eigenvalue weighted by Gasteiger charge is -2.31. The maximum atomic E-state index is 13.8. The van der Waals surface area contributed by atoms with Crippen LogP contribution in [0.1, 0.15) is 17.2 Å². The van der Waals surface area contributed by atoms with Crippen molar-refractivity contribution in [1.82, 2.24) is 20.4 Å². The van der Waals surface area contributed by atoms with Gasteiger partial charge >= 0.3 is 6.03 Å². The highest BCUT2D eigenvalue weighted by molar-refractivity contribution is 6.30. The van der Waals surface area contributed by atoms with Crippen LogP contribution in [-0.2, 0) is 20.7 Å². The van der Waals surface area contributed by atoms with Crippen molar-refractivity contribution in [2.45, 2.75) is 18.5 Å². The third-order valence-corrected chi connectivity index (χ3v) is 6.40. The number of benzene rings is 2. The quantitative estimate of drug-likeness (QED) is 0.566. The van der Waals surface area contributed by atoms with Crippen molar-refractivity contribution in [3.8, 4) is 0 Å². The van der Waals surface area contributed by atoms with E-state index in [4.69, 9.17) is 16.3 Å². The van der Waals surface area contributed by atoms with Crippen LogP contribution in [0.2, 0.25) is 5.02 Å². The summed E-state index contributed by atoms with van der Waals surface area (Å²) in [6.07, 6.45) is 0.350. The first-order valence-electron chi connectivity index (χ1n) is 11.0. The molecule has 4 rings (SSSR count). The molecular weight excluding hydrogens is 456 g/mol. The van der Waals surface area contributed by atoms with E-state index in [9.17, 15) is 14.4 Å². The molecule has 0 bridgehead atoms. The van der Waals surface area contributed by atoms with Gasteiger partial charge in [0.2, 0.25) is 5.91 Å². The predicted octanol–water partition coefficient (Wildman–Crippen LogP) is 2.51. The number of nitrogens with zero attached hydrogens (tertiary/aromatic N) is 2. The highest BCUT2D eigenvalue weighted by atomic mass is 35.5. The van der Waals surface area contributed by atoms with Crippen LogP contribution in [0.4, 0.5) is 4.79 Å². The van der Waals surface area contributed by atoms with Crippen molar-refractivity contribution in [3.05, 3.63) is 82.0 Å². The van der Waals surface area contributed by atoms with Crippen molar-refractivity contribution in [3.63, 3.8) is 0 Å². The summed E-state index contributed by atoms with van der Waals surface area (Å²) in [6.45, 7) is 0.868. The Morgan fingerprint density at radius 1 is 1.18 bits per heavy atom. The molecule has 0 saturated heterocycles. The summed E-state index contributed by atoms with van der Waals surface area (Å²) in [5.41, 5.74) is 2.74. The molecule has 2 unspecified atom stereocenters. The van der Waals surface area contributed by atoms with Gasteiger partial charge in [-0.15, -0.1) is 0 Å². The third-order valence-electron chi connectivity index (χ3n) is 6.15. The Morgan fingerprint density at radius 3 is 2.56 bits per heavy atom. The number of halogens is 1. The molecule has 2 aliphatic rings. The number of carbonyl (C=O) groups excluding carboxylic acids is 3. The van der Waals surface area contributed by atoms with Crippen molar-refractivity contribution < 1.29 is 19.1 Å². The molecule has 0 saturated carbocycles. The van der Waals surface area contributed by atoms with Crippen molar-refractivity contribution in [2.75, 3.05) is 33.9 Å². The van der Waals surface area contributed by atoms with E-state index in [2.05, 4.69) is 10.6 Å². The third kappa shape index (κ3) is 4.78. The topological polar surface area (TPSA) is 91.0 Å². The van der Waals surface area contributed by atoms with Crippen LogP contribution in [0.15, 0.2) is 65.9 Å². The zero-order valence-electron chi connectivity index (χ0n) is 19.1. The molecular formula is C25H27ClN4O4. The molecule has 2 aromatic carbocycles. The Morgan fingerprint density at radius 2 is 1.88 bits per heavy atom. The molecule has 2 aliphatic heterocycles. The fourth-order valence-corrected chi connectivity index (χ4v) is 4.45. The van der Waals surface area contributed by atoms with Gasteiger partial charge in [-0.3, -0.25) is 14.5 Å². The molecule has 4 amide bonds. The van der Waals surface area contributed by atoms with E-state index in [-0.39, 0.29) is 24.4 Å². The molecule has 8 nitrogen and oxygen atoms in total. The molecule has 0 fully saturated rings. The fraction of sp³-hybridized carbons (Fsp3) is 0.320. The smallest absolute Gasteiger partial charge is 0.322 e. The van der Waals surface area contributed by atoms with Crippen molar-refractivity contribution in [2.24, 2.45) is 0 Å². The number of likely N-dealkylation sites (N-methyl/N-ethyl adjacent to an activating group) is 1. The molecule has 178 valence electrons. The maximum Gasteiger partial charge on any atom is 0.322 e. The van der Waals surface area contributed by atoms with Crippen molar-refractivity contribution in [1.29, 1.82) is 0 Å². The number of amides is 4. The number of methoxy groups -OCH3 is 1. The number of hydrogen-bond acceptors (Lipinski definition) is 4. The second-order valence-electron chi connectivity index (χ2n) is 8.28. The number of ether oxygens (including phenoxy) is 1. The highest BCUT2D eigenvalue weighted by Gasteiger charge is 2.46. The number of rotatable bonds is 8. The molecule has 0 spiro atoms. The van der Waals surface area contributed by atoms with E-state index in [1.54, 1.807) is 43.3 Å². The van der Waals surface area contributed by atoms with Crippen LogP contribution < -0.4 is 10.6 Å². The van der Waals surface area contributed by atoms with Crippen LogP contribution in [0.3, 0.4) is 0 Å². The van der Waals surface area contributed by atoms with Gasteiger partial charge in [-0.05, 0) is 23.3 Å². The summed E-state index contributed by atoms with van der Waals surface area (Å²) >= 11 is 6.03. The van der Waals surface area contributed by atoms with Gasteiger partial charge in [0.15, 0.2) is 0 Å². The average Bonchev–Trinajstić information content (AvgIpc) is 3.18. The van der Waals surface area contributed by atoms with Crippen LogP contribution in [0.5, 0.6) is 0 Å². The van der Waals surface area contributed by atoms with Crippen LogP contribution in [-0.4, -0.2) is 67.5 Å². The molecule has 2 heterocycles. The van der Waals surface area contributed by atoms with E-state index >= 15 is 0 Å². The van der Waals surface area contributed by atoms with E-state index in [1.807, 2.05) is 30.3 Å². The normalized spacial score (nSPS) is 18.6. The summed E-state index contributed by atoms with van der Waals surface area (Å²) in [5.74, 6) is -0.538. The van der Waals surface area contributed by atoms with Gasteiger partial charge in [-0.25, -0.2) is 4.79 Å². The summed E-state index contributed by atoms with van der Waals surface area (Å²) in [5, 5.41) is 6.33. The molecule has 9 heteroatoms. The lowest BCUT2D eigenvalue weighted by atomic mass is 9.95. The van der Waals surface area contributed by atoms with Gasteiger partial charge in [0.05, 0.1) is 30.5 Å². The van der Waals surface area contributed by atoms with Crippen LogP contribution >= 0.6 is 11.6 Å². The minimum atomic E-state index is -0.744. The number of urea groups is 1. The fourth-order valence-electron chi connectivity index (χ4n) is 4.32. The van der Waals surface area contributed by atoms with E-state index in [0.29, 0.717) is 35.9 Å². The summed E-state index contributed by atoms with van der Waals surface area (Å²) in [6, 6.07) is 14.9. The van der Waals surface area contributed by atoms with Gasteiger partial charge in [-0.1, -0.05) is 54.1 Å². The number of carbonyl (C=O) groups is 3. The van der Waals surface area contributed by atoms with E-state index < -0.39 is 12.1 Å². The standard InChI is InChI=1S/C25H27ClN4O4/c1-29-20-15-30(19(23(31)27-12-13-34-2)14-16-6-4-3-5-7-16)24(32)21(20)22(28-25(29)33)17-8-10-18(26)11-9-17/h3-11,19,22H,12-15H2,1-2H3,(H,27,31)(H,28,33). The van der Waals surface area contributed by atoms with Gasteiger partial charge in [0.25, 0.3) is 5.91 Å². The second kappa shape index (κ2) is 10.3. The number of nitrogens with one attached hydrogen (secondary N) is 2. The van der Waals surface area contributed by atoms with Crippen LogP contribution in [0, 0.1) is 0 Å². The highest BCUT2D eigenvalue weighted by Crippen LogP contribution is 2.37. The molecule has 0 aliphatic carbocycles. The Labute approximate surface area is 203 Å². The minimum Gasteiger partial charge on any atom is -0.383 e. The van der Waals surface area contributed by atoms with Gasteiger partial charge in [0, 0.05) is 32.1 Å². The Bertz CT molecular complexity index is 1100. The largest absolute Gasteiger partial charge is 0.383 e. The first kappa shape index (κ1) is 23.8. The Kier molecular flexibility index (Phi) is 7.19. The maximum absolute atomic E-state index is 13.8. The predicted molar refractivity (Wildman–Crippen MR) is 128 cm³/mol. The molecule has 34 heavy (non-hydrogen) atoms. The monoisotopic (exact) mass is 482 g/mol. The van der Waals surface area contributed by atoms with E-state index in [0.717, 1.165) is 11.1 Å². The Balaban J connectivity index is 1.66. The van der Waals surface area contributed by atoms with Gasteiger partial charge in [-0.2, -0.15) is 0 Å². The lowest BCUT2D eigenvalue weighted by Crippen LogP contribution is -2.50. The molecule has 2 atom stereocenters. The summed E-state index contributed by atoms with van der Waals surface area (Å²) in [7, 11) is 3.19. The summed E-state index contributed by atoms with van der Waals surface area (Å²) < 4.78 is 5.05. The van der Waals surface area contributed by atoms with Crippen molar-refractivity contribution >= 4 is 29.4 Å². The zero-order chi connectivity index (χ0) is 24.2. The minimum absolute atomic E-state index is 0.164. The molecule has 0 aromatic heterocycles. The zero-order valence-corrected chi connectivity index (χ0v) is 19.8. The van der Waals surface area contributed by atoms with Crippen LogP contribution in [0.25, 0.3) is 0 Å². The van der Waals surface area contributed by atoms with E-state index in [1.165, 1.54) is 4.90 Å².